The van der Waals surface area contributed by atoms with Crippen molar-refractivity contribution < 1.29 is 14.7 Å². The van der Waals surface area contributed by atoms with Gasteiger partial charge in [-0.1, -0.05) is 20.8 Å². The van der Waals surface area contributed by atoms with Gasteiger partial charge in [0.15, 0.2) is 0 Å². The number of hydrogen-bond acceptors (Lipinski definition) is 3. The van der Waals surface area contributed by atoms with Crippen LogP contribution in [0.3, 0.4) is 0 Å². The standard InChI is InChI=1S/C15H26N2O3/c1-14(2,3)13(20)17-8-4-5-11(17)12(19)16-9-15(10-18)6-7-15/h11,18H,4-10H2,1-3H3,(H,16,19). The quantitative estimate of drug-likeness (QED) is 0.805. The van der Waals surface area contributed by atoms with Crippen LogP contribution in [-0.4, -0.2) is 47.6 Å². The van der Waals surface area contributed by atoms with Crippen LogP contribution in [0.15, 0.2) is 0 Å². The Morgan fingerprint density at radius 3 is 2.50 bits per heavy atom. The summed E-state index contributed by atoms with van der Waals surface area (Å²) in [5.74, 6) is -0.0294. The van der Waals surface area contributed by atoms with Crippen LogP contribution in [0.2, 0.25) is 0 Å². The molecule has 1 saturated carbocycles. The Morgan fingerprint density at radius 1 is 1.35 bits per heavy atom. The Bertz CT molecular complexity index is 396. The number of rotatable bonds is 4. The van der Waals surface area contributed by atoms with E-state index in [1.54, 1.807) is 4.90 Å². The molecule has 0 radical (unpaired) electrons. The maximum absolute atomic E-state index is 12.4. The lowest BCUT2D eigenvalue weighted by atomic mass is 9.94. The maximum Gasteiger partial charge on any atom is 0.242 e. The van der Waals surface area contributed by atoms with Crippen LogP contribution < -0.4 is 5.32 Å². The summed E-state index contributed by atoms with van der Waals surface area (Å²) in [7, 11) is 0. The van der Waals surface area contributed by atoms with Crippen molar-refractivity contribution in [2.45, 2.75) is 52.5 Å². The summed E-state index contributed by atoms with van der Waals surface area (Å²) in [6.07, 6.45) is 3.56. The lowest BCUT2D eigenvalue weighted by molar-refractivity contribution is -0.144. The zero-order valence-electron chi connectivity index (χ0n) is 12.7. The van der Waals surface area contributed by atoms with Crippen LogP contribution in [-0.2, 0) is 9.59 Å². The molecule has 2 amide bonds. The first-order valence-electron chi connectivity index (χ1n) is 7.49. The first-order chi connectivity index (χ1) is 9.29. The molecule has 0 aromatic rings. The van der Waals surface area contributed by atoms with Gasteiger partial charge in [0.1, 0.15) is 6.04 Å². The molecule has 1 atom stereocenters. The van der Waals surface area contributed by atoms with E-state index in [-0.39, 0.29) is 29.9 Å². The number of hydrogen-bond donors (Lipinski definition) is 2. The molecule has 5 nitrogen and oxygen atoms in total. The molecule has 1 saturated heterocycles. The minimum Gasteiger partial charge on any atom is -0.396 e. The lowest BCUT2D eigenvalue weighted by Gasteiger charge is -2.30. The van der Waals surface area contributed by atoms with E-state index in [9.17, 15) is 14.7 Å². The molecular formula is C15H26N2O3. The summed E-state index contributed by atoms with van der Waals surface area (Å²) in [6.45, 7) is 6.97. The Labute approximate surface area is 120 Å². The summed E-state index contributed by atoms with van der Waals surface area (Å²) in [5, 5.41) is 12.2. The van der Waals surface area contributed by atoms with Crippen molar-refractivity contribution in [2.75, 3.05) is 19.7 Å². The second-order valence-corrected chi connectivity index (χ2v) is 7.28. The van der Waals surface area contributed by atoms with E-state index in [1.807, 2.05) is 20.8 Å². The largest absolute Gasteiger partial charge is 0.396 e. The molecule has 114 valence electrons. The number of carbonyl (C=O) groups is 2. The Kier molecular flexibility index (Phi) is 4.09. The predicted octanol–water partition coefficient (Wildman–Crippen LogP) is 0.912. The normalized spacial score (nSPS) is 24.6. The van der Waals surface area contributed by atoms with E-state index in [0.717, 1.165) is 25.7 Å². The van der Waals surface area contributed by atoms with Crippen molar-refractivity contribution in [3.05, 3.63) is 0 Å². The average Bonchev–Trinajstić information content (AvgIpc) is 3.01. The van der Waals surface area contributed by atoms with E-state index in [2.05, 4.69) is 5.32 Å². The van der Waals surface area contributed by atoms with Crippen molar-refractivity contribution >= 4 is 11.8 Å². The van der Waals surface area contributed by atoms with Gasteiger partial charge in [-0.15, -0.1) is 0 Å². The van der Waals surface area contributed by atoms with Gasteiger partial charge in [-0.3, -0.25) is 9.59 Å². The van der Waals surface area contributed by atoms with Crippen molar-refractivity contribution in [3.8, 4) is 0 Å². The highest BCUT2D eigenvalue weighted by Crippen LogP contribution is 2.44. The zero-order chi connectivity index (χ0) is 15.0. The van der Waals surface area contributed by atoms with Crippen molar-refractivity contribution in [1.82, 2.24) is 10.2 Å². The van der Waals surface area contributed by atoms with Crippen LogP contribution in [0.25, 0.3) is 0 Å². The fourth-order valence-corrected chi connectivity index (χ4v) is 2.67. The highest BCUT2D eigenvalue weighted by atomic mass is 16.3. The number of nitrogens with one attached hydrogen (secondary N) is 1. The van der Waals surface area contributed by atoms with E-state index in [0.29, 0.717) is 13.1 Å². The van der Waals surface area contributed by atoms with Crippen LogP contribution in [0.5, 0.6) is 0 Å². The summed E-state index contributed by atoms with van der Waals surface area (Å²) >= 11 is 0. The molecule has 1 aliphatic heterocycles. The number of likely N-dealkylation sites (tertiary alicyclic amines) is 1. The van der Waals surface area contributed by atoms with Gasteiger partial charge in [0, 0.05) is 23.9 Å². The minimum absolute atomic E-state index is 0.0402. The van der Waals surface area contributed by atoms with Gasteiger partial charge in [0.25, 0.3) is 0 Å². The van der Waals surface area contributed by atoms with Crippen LogP contribution in [0, 0.1) is 10.8 Å². The van der Waals surface area contributed by atoms with Gasteiger partial charge in [0.05, 0.1) is 6.61 Å². The van der Waals surface area contributed by atoms with Crippen molar-refractivity contribution in [3.63, 3.8) is 0 Å². The topological polar surface area (TPSA) is 69.6 Å². The molecule has 2 aliphatic rings. The van der Waals surface area contributed by atoms with Crippen molar-refractivity contribution in [2.24, 2.45) is 10.8 Å². The monoisotopic (exact) mass is 282 g/mol. The van der Waals surface area contributed by atoms with Gasteiger partial charge >= 0.3 is 0 Å². The molecule has 5 heteroatoms. The SMILES string of the molecule is CC(C)(C)C(=O)N1CCCC1C(=O)NCC1(CO)CC1. The molecule has 20 heavy (non-hydrogen) atoms. The third-order valence-corrected chi connectivity index (χ3v) is 4.39. The summed E-state index contributed by atoms with van der Waals surface area (Å²) in [6, 6.07) is -0.337. The lowest BCUT2D eigenvalue weighted by Crippen LogP contribution is -2.50. The zero-order valence-corrected chi connectivity index (χ0v) is 12.7. The van der Waals surface area contributed by atoms with Gasteiger partial charge < -0.3 is 15.3 Å². The molecular weight excluding hydrogens is 256 g/mol. The van der Waals surface area contributed by atoms with Crippen LogP contribution in [0.1, 0.15) is 46.5 Å². The number of aliphatic hydroxyl groups excluding tert-OH is 1. The molecule has 2 N–H and O–H groups in total. The van der Waals surface area contributed by atoms with Gasteiger partial charge in [-0.05, 0) is 25.7 Å². The highest BCUT2D eigenvalue weighted by molar-refractivity contribution is 5.90. The molecule has 1 unspecified atom stereocenters. The van der Waals surface area contributed by atoms with Gasteiger partial charge in [-0.2, -0.15) is 0 Å². The number of aliphatic hydroxyl groups is 1. The van der Waals surface area contributed by atoms with Crippen LogP contribution >= 0.6 is 0 Å². The number of nitrogens with zero attached hydrogens (tertiary/aromatic N) is 1. The Morgan fingerprint density at radius 2 is 2.00 bits per heavy atom. The first kappa shape index (κ1) is 15.3. The summed E-state index contributed by atoms with van der Waals surface area (Å²) in [5.41, 5.74) is -0.543. The van der Waals surface area contributed by atoms with Crippen LogP contribution in [0.4, 0.5) is 0 Å². The molecule has 1 aliphatic carbocycles. The Hall–Kier alpha value is -1.10. The first-order valence-corrected chi connectivity index (χ1v) is 7.49. The minimum atomic E-state index is -0.453. The van der Waals surface area contributed by atoms with E-state index in [1.165, 1.54) is 0 Å². The molecule has 1 heterocycles. The third kappa shape index (κ3) is 3.14. The molecule has 0 bridgehead atoms. The van der Waals surface area contributed by atoms with E-state index in [4.69, 9.17) is 0 Å². The fourth-order valence-electron chi connectivity index (χ4n) is 2.67. The van der Waals surface area contributed by atoms with Gasteiger partial charge in [0.2, 0.25) is 11.8 Å². The molecule has 0 spiro atoms. The average molecular weight is 282 g/mol. The molecule has 2 fully saturated rings. The second-order valence-electron chi connectivity index (χ2n) is 7.28. The smallest absolute Gasteiger partial charge is 0.242 e. The number of amides is 2. The number of carbonyl (C=O) groups excluding carboxylic acids is 2. The van der Waals surface area contributed by atoms with E-state index < -0.39 is 5.41 Å². The maximum atomic E-state index is 12.4. The summed E-state index contributed by atoms with van der Waals surface area (Å²) in [4.78, 5) is 26.4. The predicted molar refractivity (Wildman–Crippen MR) is 76.0 cm³/mol. The molecule has 0 aromatic carbocycles. The second kappa shape index (κ2) is 5.35. The third-order valence-electron chi connectivity index (χ3n) is 4.39. The van der Waals surface area contributed by atoms with E-state index >= 15 is 0 Å². The highest BCUT2D eigenvalue weighted by Gasteiger charge is 2.43. The summed E-state index contributed by atoms with van der Waals surface area (Å²) < 4.78 is 0. The molecule has 2 rings (SSSR count). The fraction of sp³-hybridized carbons (Fsp3) is 0.867. The van der Waals surface area contributed by atoms with Gasteiger partial charge in [-0.25, -0.2) is 0 Å². The molecule has 0 aromatic heterocycles. The van der Waals surface area contributed by atoms with Crippen molar-refractivity contribution in [1.29, 1.82) is 0 Å². The Balaban J connectivity index is 1.93.